The van der Waals surface area contributed by atoms with Gasteiger partial charge in [-0.05, 0) is 27.7 Å². The smallest absolute Gasteiger partial charge is 0.332 e. The summed E-state index contributed by atoms with van der Waals surface area (Å²) in [5, 5.41) is 42.6. The minimum Gasteiger partial charge on any atom is -0.479 e. The molecule has 16 heavy (non-hydrogen) atoms. The lowest BCUT2D eigenvalue weighted by Crippen LogP contribution is -2.45. The maximum absolute atomic E-state index is 9.45. The summed E-state index contributed by atoms with van der Waals surface area (Å²) in [5.41, 5.74) is 0. The van der Waals surface area contributed by atoms with Crippen molar-refractivity contribution in [3.63, 3.8) is 0 Å². The Morgan fingerprint density at radius 3 is 1.06 bits per heavy atom. The monoisotopic (exact) mass is 239 g/mol. The van der Waals surface area contributed by atoms with Crippen LogP contribution in [0.3, 0.4) is 0 Å². The predicted octanol–water partition coefficient (Wildman–Crippen LogP) is -1.24. The van der Waals surface area contributed by atoms with Gasteiger partial charge >= 0.3 is 5.97 Å². The molecule has 0 amide bonds. The Morgan fingerprint density at radius 2 is 1.06 bits per heavy atom. The van der Waals surface area contributed by atoms with E-state index in [4.69, 9.17) is 25.5 Å². The highest BCUT2D eigenvalue weighted by Crippen LogP contribution is 2.04. The summed E-state index contributed by atoms with van der Waals surface area (Å²) >= 11 is 0. The fourth-order valence-corrected chi connectivity index (χ4v) is 0.937. The van der Waals surface area contributed by atoms with Crippen molar-refractivity contribution in [1.82, 2.24) is 4.90 Å². The van der Waals surface area contributed by atoms with Crippen molar-refractivity contribution in [2.45, 2.75) is 52.5 Å². The van der Waals surface area contributed by atoms with E-state index in [0.29, 0.717) is 0 Å². The van der Waals surface area contributed by atoms with E-state index in [2.05, 4.69) is 0 Å². The highest BCUT2D eigenvalue weighted by molar-refractivity contribution is 5.71. The second-order valence-corrected chi connectivity index (χ2v) is 3.36. The maximum atomic E-state index is 9.45. The summed E-state index contributed by atoms with van der Waals surface area (Å²) in [4.78, 5) is 10.6. The molecule has 0 aliphatic carbocycles. The summed E-state index contributed by atoms with van der Waals surface area (Å²) in [6.45, 7) is 5.65. The van der Waals surface area contributed by atoms with Crippen molar-refractivity contribution < 1.29 is 30.3 Å². The van der Waals surface area contributed by atoms with Crippen LogP contribution in [0, 0.1) is 0 Å². The molecule has 4 atom stereocenters. The number of aliphatic hydroxyl groups is 4. The van der Waals surface area contributed by atoms with Gasteiger partial charge in [0.25, 0.3) is 0 Å². The van der Waals surface area contributed by atoms with Gasteiger partial charge in [-0.3, -0.25) is 0 Å². The molecule has 98 valence electrons. The Hall–Kier alpha value is -0.730. The van der Waals surface area contributed by atoms with Crippen molar-refractivity contribution in [1.29, 1.82) is 0 Å². The van der Waals surface area contributed by atoms with Crippen LogP contribution in [0.5, 0.6) is 0 Å². The lowest BCUT2D eigenvalue weighted by molar-refractivity contribution is -0.159. The van der Waals surface area contributed by atoms with Crippen LogP contribution >= 0.6 is 0 Å². The minimum atomic E-state index is -1.23. The molecule has 0 aliphatic rings. The zero-order chi connectivity index (χ0) is 13.5. The highest BCUT2D eigenvalue weighted by atomic mass is 16.4. The fourth-order valence-electron chi connectivity index (χ4n) is 0.937. The number of carbonyl (C=O) groups is 1. The summed E-state index contributed by atoms with van der Waals surface area (Å²) in [6.07, 6.45) is -3.73. The lowest BCUT2D eigenvalue weighted by atomic mass is 10.4. The number of aliphatic hydroxyl groups excluding tert-OH is 4. The normalized spacial score (nSPS) is 18.1. The van der Waals surface area contributed by atoms with Crippen LogP contribution in [0.25, 0.3) is 0 Å². The highest BCUT2D eigenvalue weighted by Gasteiger charge is 2.20. The van der Waals surface area contributed by atoms with E-state index in [0.717, 1.165) is 0 Å². The van der Waals surface area contributed by atoms with E-state index in [1.165, 1.54) is 32.6 Å². The maximum Gasteiger partial charge on any atom is 0.332 e. The molecular weight excluding hydrogens is 218 g/mol. The average Bonchev–Trinajstić information content (AvgIpc) is 2.01. The van der Waals surface area contributed by atoms with Crippen molar-refractivity contribution in [3.8, 4) is 0 Å². The molecule has 0 spiro atoms. The van der Waals surface area contributed by atoms with Gasteiger partial charge in [0.2, 0.25) is 0 Å². The molecule has 0 saturated carbocycles. The molecule has 0 fully saturated rings. The molecule has 7 heteroatoms. The Bertz CT molecular complexity index is 173. The number of aliphatic carboxylic acids is 1. The minimum absolute atomic E-state index is 0.833. The van der Waals surface area contributed by atoms with E-state index in [1.807, 2.05) is 0 Å². The van der Waals surface area contributed by atoms with E-state index in [1.54, 1.807) is 0 Å². The van der Waals surface area contributed by atoms with E-state index >= 15 is 0 Å². The summed E-state index contributed by atoms with van der Waals surface area (Å²) in [6, 6.07) is 0. The summed E-state index contributed by atoms with van der Waals surface area (Å²) < 4.78 is 0. The molecule has 0 heterocycles. The number of rotatable bonds is 4. The molecule has 0 radical (unpaired) electrons. The number of carboxylic acid groups (broad SMARTS) is 1. The van der Waals surface area contributed by atoms with E-state index in [-0.39, 0.29) is 0 Å². The molecule has 0 bridgehead atoms. The summed E-state index contributed by atoms with van der Waals surface area (Å²) in [5.74, 6) is -1.19. The lowest BCUT2D eigenvalue weighted by Gasteiger charge is -2.30. The second-order valence-electron chi connectivity index (χ2n) is 3.36. The first kappa shape index (κ1) is 17.7. The third-order valence-electron chi connectivity index (χ3n) is 1.65. The molecule has 7 nitrogen and oxygen atoms in total. The zero-order valence-corrected chi connectivity index (χ0v) is 9.90. The number of carboxylic acids is 1. The van der Waals surface area contributed by atoms with Crippen molar-refractivity contribution in [2.75, 3.05) is 0 Å². The molecule has 0 aromatic rings. The SMILES string of the molecule is CC(O)C(=O)O.CC(O)N(C(C)O)C(C)O. The summed E-state index contributed by atoms with van der Waals surface area (Å²) in [7, 11) is 0. The quantitative estimate of drug-likeness (QED) is 0.389. The first-order valence-electron chi connectivity index (χ1n) is 4.83. The molecule has 4 unspecified atom stereocenters. The van der Waals surface area contributed by atoms with Gasteiger partial charge in [-0.15, -0.1) is 0 Å². The Balaban J connectivity index is 0. The molecule has 5 N–H and O–H groups in total. The zero-order valence-electron chi connectivity index (χ0n) is 9.90. The van der Waals surface area contributed by atoms with Crippen molar-refractivity contribution in [3.05, 3.63) is 0 Å². The topological polar surface area (TPSA) is 121 Å². The van der Waals surface area contributed by atoms with Gasteiger partial charge in [0.1, 0.15) is 24.8 Å². The standard InChI is InChI=1S/C6H15NO3.C3H6O3/c1-4(8)7(5(2)9)6(3)10;1-2(4)3(5)6/h4-6,8-10H,1-3H3;2,4H,1H3,(H,5,6). The molecule has 0 aliphatic heterocycles. The van der Waals surface area contributed by atoms with Crippen LogP contribution < -0.4 is 0 Å². The van der Waals surface area contributed by atoms with Gasteiger partial charge in [-0.25, -0.2) is 9.69 Å². The third kappa shape index (κ3) is 8.57. The Morgan fingerprint density at radius 1 is 0.875 bits per heavy atom. The van der Waals surface area contributed by atoms with Crippen LogP contribution in [0.1, 0.15) is 27.7 Å². The van der Waals surface area contributed by atoms with Gasteiger partial charge in [-0.2, -0.15) is 0 Å². The van der Waals surface area contributed by atoms with Gasteiger partial charge < -0.3 is 25.5 Å². The van der Waals surface area contributed by atoms with E-state index < -0.39 is 30.8 Å². The van der Waals surface area contributed by atoms with E-state index in [9.17, 15) is 4.79 Å². The number of nitrogens with zero attached hydrogens (tertiary/aromatic N) is 1. The number of hydrogen-bond donors (Lipinski definition) is 5. The predicted molar refractivity (Wildman–Crippen MR) is 56.2 cm³/mol. The molecule has 0 saturated heterocycles. The second kappa shape index (κ2) is 8.43. The van der Waals surface area contributed by atoms with Crippen LogP contribution in [0.2, 0.25) is 0 Å². The number of hydrogen-bond acceptors (Lipinski definition) is 6. The van der Waals surface area contributed by atoms with Crippen molar-refractivity contribution >= 4 is 5.97 Å². The van der Waals surface area contributed by atoms with Crippen LogP contribution in [0.4, 0.5) is 0 Å². The third-order valence-corrected chi connectivity index (χ3v) is 1.65. The Labute approximate surface area is 94.6 Å². The largest absolute Gasteiger partial charge is 0.479 e. The first-order valence-corrected chi connectivity index (χ1v) is 4.83. The van der Waals surface area contributed by atoms with Crippen LogP contribution in [-0.4, -0.2) is 61.2 Å². The van der Waals surface area contributed by atoms with Crippen LogP contribution in [0.15, 0.2) is 0 Å². The van der Waals surface area contributed by atoms with Gasteiger partial charge in [0.05, 0.1) is 0 Å². The van der Waals surface area contributed by atoms with Gasteiger partial charge in [0.15, 0.2) is 0 Å². The fraction of sp³-hybridized carbons (Fsp3) is 0.889. The Kier molecular flexibility index (Phi) is 9.30. The molecular formula is C9H21NO6. The van der Waals surface area contributed by atoms with Crippen LogP contribution in [-0.2, 0) is 4.79 Å². The molecule has 0 rings (SSSR count). The van der Waals surface area contributed by atoms with Crippen molar-refractivity contribution in [2.24, 2.45) is 0 Å². The average molecular weight is 239 g/mol. The van der Waals surface area contributed by atoms with Gasteiger partial charge in [0, 0.05) is 0 Å². The molecule has 0 aromatic carbocycles. The van der Waals surface area contributed by atoms with Gasteiger partial charge in [-0.1, -0.05) is 0 Å². The molecule has 0 aromatic heterocycles. The first-order chi connectivity index (χ1) is 7.11.